The first kappa shape index (κ1) is 25.2. The van der Waals surface area contributed by atoms with E-state index in [0.717, 1.165) is 10.6 Å². The predicted molar refractivity (Wildman–Crippen MR) is 133 cm³/mol. The molecule has 4 rings (SSSR count). The molecular weight excluding hydrogens is 489 g/mol. The van der Waals surface area contributed by atoms with Gasteiger partial charge in [-0.15, -0.1) is 0 Å². The van der Waals surface area contributed by atoms with Gasteiger partial charge in [0.25, 0.3) is 5.91 Å². The third kappa shape index (κ3) is 5.06. The van der Waals surface area contributed by atoms with Gasteiger partial charge in [-0.25, -0.2) is 12.8 Å². The standard InChI is InChI=1S/C25H26FN3O6S/c1-14(2)33-22-11-19-21(12-20(22)29(36(5,31)32)13-18-10-15(3)35-28-18)34-24(23(19)25(30)27-4)16-6-8-17(26)9-7-16/h6-12,14H,13H2,1-5H3,(H,27,30). The Hall–Kier alpha value is -3.86. The number of nitrogens with one attached hydrogen (secondary N) is 1. The van der Waals surface area contributed by atoms with E-state index in [1.807, 2.05) is 0 Å². The number of aryl methyl sites for hydroxylation is 1. The Morgan fingerprint density at radius 1 is 1.19 bits per heavy atom. The molecule has 0 aliphatic carbocycles. The quantitative estimate of drug-likeness (QED) is 0.363. The maximum atomic E-state index is 13.5. The lowest BCUT2D eigenvalue weighted by Gasteiger charge is -2.24. The van der Waals surface area contributed by atoms with Crippen LogP contribution in [0.15, 0.2) is 51.4 Å². The number of carbonyl (C=O) groups is 1. The summed E-state index contributed by atoms with van der Waals surface area (Å²) in [5.74, 6) is 0.139. The van der Waals surface area contributed by atoms with Crippen molar-refractivity contribution in [2.24, 2.45) is 0 Å². The van der Waals surface area contributed by atoms with E-state index >= 15 is 0 Å². The number of carbonyl (C=O) groups excluding carboxylic acids is 1. The molecule has 0 aliphatic heterocycles. The number of benzene rings is 2. The molecular formula is C25H26FN3O6S. The molecule has 2 aromatic carbocycles. The average molecular weight is 516 g/mol. The molecule has 0 unspecified atom stereocenters. The molecule has 0 atom stereocenters. The van der Waals surface area contributed by atoms with Crippen molar-refractivity contribution in [2.45, 2.75) is 33.4 Å². The summed E-state index contributed by atoms with van der Waals surface area (Å²) in [4.78, 5) is 12.9. The highest BCUT2D eigenvalue weighted by Crippen LogP contribution is 2.41. The van der Waals surface area contributed by atoms with E-state index in [0.29, 0.717) is 22.4 Å². The summed E-state index contributed by atoms with van der Waals surface area (Å²) in [7, 11) is -2.32. The maximum Gasteiger partial charge on any atom is 0.255 e. The second-order valence-corrected chi connectivity index (χ2v) is 10.5. The second kappa shape index (κ2) is 9.65. The molecule has 2 aromatic heterocycles. The molecule has 0 radical (unpaired) electrons. The summed E-state index contributed by atoms with van der Waals surface area (Å²) in [6.07, 6.45) is 0.773. The first-order chi connectivity index (χ1) is 17.0. The molecule has 1 amide bonds. The minimum Gasteiger partial charge on any atom is -0.489 e. The van der Waals surface area contributed by atoms with Crippen LogP contribution in [0, 0.1) is 12.7 Å². The molecule has 0 saturated heterocycles. The number of rotatable bonds is 8. The lowest BCUT2D eigenvalue weighted by Crippen LogP contribution is -2.30. The van der Waals surface area contributed by atoms with E-state index in [-0.39, 0.29) is 41.0 Å². The van der Waals surface area contributed by atoms with Gasteiger partial charge in [-0.1, -0.05) is 5.16 Å². The van der Waals surface area contributed by atoms with Crippen LogP contribution >= 0.6 is 0 Å². The number of anilines is 1. The van der Waals surface area contributed by atoms with Gasteiger partial charge in [0, 0.05) is 30.1 Å². The minimum absolute atomic E-state index is 0.107. The molecule has 190 valence electrons. The minimum atomic E-state index is -3.81. The summed E-state index contributed by atoms with van der Waals surface area (Å²) in [5, 5.41) is 6.93. The second-order valence-electron chi connectivity index (χ2n) is 8.57. The van der Waals surface area contributed by atoms with Crippen LogP contribution in [0.1, 0.15) is 35.7 Å². The lowest BCUT2D eigenvalue weighted by molar-refractivity contribution is 0.0964. The van der Waals surface area contributed by atoms with Crippen LogP contribution in [0.25, 0.3) is 22.3 Å². The Bertz CT molecular complexity index is 1520. The number of fused-ring (bicyclic) bond motifs is 1. The van der Waals surface area contributed by atoms with Gasteiger partial charge in [-0.2, -0.15) is 0 Å². The fourth-order valence-electron chi connectivity index (χ4n) is 3.83. The van der Waals surface area contributed by atoms with Gasteiger partial charge in [-0.05, 0) is 51.1 Å². The van der Waals surface area contributed by atoms with Crippen molar-refractivity contribution in [1.29, 1.82) is 0 Å². The van der Waals surface area contributed by atoms with Crippen LogP contribution in [-0.2, 0) is 16.6 Å². The first-order valence-corrected chi connectivity index (χ1v) is 13.0. The zero-order valence-electron chi connectivity index (χ0n) is 20.5. The van der Waals surface area contributed by atoms with Crippen LogP contribution in [0.4, 0.5) is 10.1 Å². The van der Waals surface area contributed by atoms with Gasteiger partial charge >= 0.3 is 0 Å². The highest BCUT2D eigenvalue weighted by atomic mass is 32.2. The van der Waals surface area contributed by atoms with E-state index in [2.05, 4.69) is 10.5 Å². The number of ether oxygens (including phenoxy) is 1. The van der Waals surface area contributed by atoms with E-state index in [1.165, 1.54) is 37.4 Å². The molecule has 0 saturated carbocycles. The summed E-state index contributed by atoms with van der Waals surface area (Å²) in [6, 6.07) is 10.3. The number of sulfonamides is 1. The molecule has 9 nitrogen and oxygen atoms in total. The molecule has 11 heteroatoms. The first-order valence-electron chi connectivity index (χ1n) is 11.1. The Morgan fingerprint density at radius 2 is 1.89 bits per heavy atom. The molecule has 0 bridgehead atoms. The van der Waals surface area contributed by atoms with Crippen LogP contribution < -0.4 is 14.4 Å². The van der Waals surface area contributed by atoms with Crippen molar-refractivity contribution >= 4 is 32.6 Å². The number of hydrogen-bond donors (Lipinski definition) is 1. The van der Waals surface area contributed by atoms with E-state index < -0.39 is 21.7 Å². The van der Waals surface area contributed by atoms with Gasteiger partial charge in [0.05, 0.1) is 30.2 Å². The van der Waals surface area contributed by atoms with Crippen molar-refractivity contribution in [2.75, 3.05) is 17.6 Å². The molecule has 1 N–H and O–H groups in total. The normalized spacial score (nSPS) is 11.8. The van der Waals surface area contributed by atoms with Crippen LogP contribution in [0.5, 0.6) is 5.75 Å². The number of halogens is 1. The lowest BCUT2D eigenvalue weighted by atomic mass is 10.0. The highest BCUT2D eigenvalue weighted by Gasteiger charge is 2.28. The topological polar surface area (TPSA) is 115 Å². The summed E-state index contributed by atoms with van der Waals surface area (Å²) in [6.45, 7) is 5.21. The van der Waals surface area contributed by atoms with Gasteiger partial charge in [0.2, 0.25) is 10.0 Å². The molecule has 0 fully saturated rings. The number of nitrogens with zero attached hydrogens (tertiary/aromatic N) is 2. The van der Waals surface area contributed by atoms with Gasteiger partial charge in [-0.3, -0.25) is 9.10 Å². The molecule has 36 heavy (non-hydrogen) atoms. The molecule has 0 aliphatic rings. The zero-order chi connectivity index (χ0) is 26.2. The van der Waals surface area contributed by atoms with Gasteiger partial charge < -0.3 is 19.0 Å². The van der Waals surface area contributed by atoms with E-state index in [4.69, 9.17) is 13.7 Å². The molecule has 4 aromatic rings. The number of furan rings is 1. The van der Waals surface area contributed by atoms with Crippen LogP contribution in [-0.4, -0.2) is 38.9 Å². The van der Waals surface area contributed by atoms with Crippen molar-refractivity contribution in [3.8, 4) is 17.1 Å². The largest absolute Gasteiger partial charge is 0.489 e. The fraction of sp³-hybridized carbons (Fsp3) is 0.280. The fourth-order valence-corrected chi connectivity index (χ4v) is 4.70. The van der Waals surface area contributed by atoms with E-state index in [1.54, 1.807) is 32.9 Å². The van der Waals surface area contributed by atoms with Crippen LogP contribution in [0.3, 0.4) is 0 Å². The molecule has 0 spiro atoms. The predicted octanol–water partition coefficient (Wildman–Crippen LogP) is 4.65. The smallest absolute Gasteiger partial charge is 0.255 e. The summed E-state index contributed by atoms with van der Waals surface area (Å²) in [5.41, 5.74) is 1.58. The number of hydrogen-bond acceptors (Lipinski definition) is 7. The third-order valence-corrected chi connectivity index (χ3v) is 6.47. The zero-order valence-corrected chi connectivity index (χ0v) is 21.3. The van der Waals surface area contributed by atoms with Gasteiger partial charge in [0.15, 0.2) is 0 Å². The van der Waals surface area contributed by atoms with Gasteiger partial charge in [0.1, 0.15) is 34.4 Å². The van der Waals surface area contributed by atoms with Crippen molar-refractivity contribution < 1.29 is 31.3 Å². The monoisotopic (exact) mass is 515 g/mol. The van der Waals surface area contributed by atoms with E-state index in [9.17, 15) is 17.6 Å². The Labute approximate surface area is 207 Å². The Morgan fingerprint density at radius 3 is 2.44 bits per heavy atom. The number of aromatic nitrogens is 1. The van der Waals surface area contributed by atoms with Crippen LogP contribution in [0.2, 0.25) is 0 Å². The van der Waals surface area contributed by atoms with Crippen molar-refractivity contribution in [3.05, 3.63) is 65.3 Å². The highest BCUT2D eigenvalue weighted by molar-refractivity contribution is 7.92. The Balaban J connectivity index is 1.98. The van der Waals surface area contributed by atoms with Crippen molar-refractivity contribution in [3.63, 3.8) is 0 Å². The SMILES string of the molecule is CNC(=O)c1c(-c2ccc(F)cc2)oc2cc(N(Cc3cc(C)on3)S(C)(=O)=O)c(OC(C)C)cc12. The van der Waals surface area contributed by atoms with Crippen molar-refractivity contribution in [1.82, 2.24) is 10.5 Å². The summed E-state index contributed by atoms with van der Waals surface area (Å²) < 4.78 is 57.6. The third-order valence-electron chi connectivity index (χ3n) is 5.34. The average Bonchev–Trinajstić information content (AvgIpc) is 3.38. The summed E-state index contributed by atoms with van der Waals surface area (Å²) >= 11 is 0. The Kier molecular flexibility index (Phi) is 6.77. The molecule has 2 heterocycles. The maximum absolute atomic E-state index is 13.5. The number of amides is 1.